The molecule has 0 heterocycles. The van der Waals surface area contributed by atoms with E-state index in [0.29, 0.717) is 18.4 Å². The van der Waals surface area contributed by atoms with E-state index in [9.17, 15) is 19.8 Å². The Morgan fingerprint density at radius 2 is 1.27 bits per heavy atom. The molecule has 1 aromatic carbocycles. The number of carbonyl (C=O) groups excluding carboxylic acids is 2. The topological polar surface area (TPSA) is 74.6 Å². The maximum Gasteiger partial charge on any atom is 0.227 e. The smallest absolute Gasteiger partial charge is 0.227 e. The molecule has 1 aliphatic carbocycles. The van der Waals surface area contributed by atoms with Gasteiger partial charge in [0.15, 0.2) is 11.5 Å². The number of unbranched alkanes of at least 4 members (excludes halogenated alkanes) is 8. The van der Waals surface area contributed by atoms with Gasteiger partial charge in [0.05, 0.1) is 5.57 Å². The molecular formula is C26H32O4. The molecule has 1 aliphatic rings. The first-order valence-corrected chi connectivity index (χ1v) is 11.0. The number of aliphatic hydroxyl groups is 2. The van der Waals surface area contributed by atoms with Gasteiger partial charge in [-0.2, -0.15) is 0 Å². The molecule has 0 spiro atoms. The van der Waals surface area contributed by atoms with Gasteiger partial charge in [0.25, 0.3) is 0 Å². The Labute approximate surface area is 179 Å². The maximum atomic E-state index is 12.6. The molecule has 0 unspecified atom stereocenters. The molecule has 0 aromatic heterocycles. The van der Waals surface area contributed by atoms with E-state index in [4.69, 9.17) is 6.42 Å². The lowest BCUT2D eigenvalue weighted by atomic mass is 9.87. The van der Waals surface area contributed by atoms with Gasteiger partial charge >= 0.3 is 0 Å². The second kappa shape index (κ2) is 12.0. The number of Topliss-reactive ketones (excluding diaryl/α,β-unsaturated/α-hetero) is 2. The van der Waals surface area contributed by atoms with E-state index in [1.54, 1.807) is 24.3 Å². The largest absolute Gasteiger partial charge is 0.504 e. The number of carbonyl (C=O) groups is 2. The van der Waals surface area contributed by atoms with Gasteiger partial charge in [-0.15, -0.1) is 6.42 Å². The highest BCUT2D eigenvalue weighted by atomic mass is 16.3. The lowest BCUT2D eigenvalue weighted by Crippen LogP contribution is -2.25. The normalized spacial score (nSPS) is 14.4. The molecule has 0 bridgehead atoms. The van der Waals surface area contributed by atoms with Crippen LogP contribution in [-0.2, 0) is 16.0 Å². The number of terminal acetylenes is 1. The average Bonchev–Trinajstić information content (AvgIpc) is 2.76. The van der Waals surface area contributed by atoms with E-state index in [-0.39, 0.29) is 17.6 Å². The summed E-state index contributed by atoms with van der Waals surface area (Å²) in [5.41, 5.74) is 1.40. The molecule has 2 rings (SSSR count). The fraction of sp³-hybridized carbons (Fsp3) is 0.462. The lowest BCUT2D eigenvalue weighted by Gasteiger charge is -2.18. The van der Waals surface area contributed by atoms with E-state index in [2.05, 4.69) is 12.8 Å². The van der Waals surface area contributed by atoms with Crippen molar-refractivity contribution in [2.75, 3.05) is 0 Å². The molecule has 2 N–H and O–H groups in total. The van der Waals surface area contributed by atoms with Crippen molar-refractivity contribution >= 4 is 11.6 Å². The predicted octanol–water partition coefficient (Wildman–Crippen LogP) is 5.91. The van der Waals surface area contributed by atoms with Gasteiger partial charge in [-0.05, 0) is 30.5 Å². The third kappa shape index (κ3) is 6.35. The van der Waals surface area contributed by atoms with Crippen molar-refractivity contribution in [3.8, 4) is 12.3 Å². The molecule has 1 aromatic rings. The SMILES string of the molecule is C#Cc1ccc(CC2=C(O)C(=O)C(CCCCCCCCCCC)=C(O)C2=O)cc1. The van der Waals surface area contributed by atoms with Crippen LogP contribution in [0, 0.1) is 12.3 Å². The summed E-state index contributed by atoms with van der Waals surface area (Å²) in [6, 6.07) is 6.94. The summed E-state index contributed by atoms with van der Waals surface area (Å²) < 4.78 is 0. The Morgan fingerprint density at radius 3 is 1.83 bits per heavy atom. The van der Waals surface area contributed by atoms with Crippen LogP contribution in [0.2, 0.25) is 0 Å². The zero-order chi connectivity index (χ0) is 21.9. The molecule has 160 valence electrons. The molecule has 0 saturated carbocycles. The number of allylic oxidation sites excluding steroid dienone is 2. The minimum Gasteiger partial charge on any atom is -0.504 e. The third-order valence-corrected chi connectivity index (χ3v) is 5.58. The lowest BCUT2D eigenvalue weighted by molar-refractivity contribution is -0.120. The quantitative estimate of drug-likeness (QED) is 0.256. The Balaban J connectivity index is 1.88. The Morgan fingerprint density at radius 1 is 0.767 bits per heavy atom. The standard InChI is InChI=1S/C26H32O4/c1-3-5-6-7-8-9-10-11-12-13-21-23(27)25(29)22(26(30)24(21)28)18-20-16-14-19(4-2)15-17-20/h2,14-17,27,30H,3,5-13,18H2,1H3. The van der Waals surface area contributed by atoms with Crippen LogP contribution < -0.4 is 0 Å². The van der Waals surface area contributed by atoms with Crippen LogP contribution in [0.3, 0.4) is 0 Å². The Bertz CT molecular complexity index is 850. The molecule has 4 heteroatoms. The zero-order valence-corrected chi connectivity index (χ0v) is 17.9. The van der Waals surface area contributed by atoms with E-state index >= 15 is 0 Å². The first-order chi connectivity index (χ1) is 14.5. The summed E-state index contributed by atoms with van der Waals surface area (Å²) in [5, 5.41) is 20.7. The van der Waals surface area contributed by atoms with Gasteiger partial charge in [-0.3, -0.25) is 9.59 Å². The molecule has 0 atom stereocenters. The summed E-state index contributed by atoms with van der Waals surface area (Å²) in [7, 11) is 0. The Hall–Kier alpha value is -2.80. The molecule has 0 fully saturated rings. The molecule has 0 radical (unpaired) electrons. The van der Waals surface area contributed by atoms with Gasteiger partial charge in [0.2, 0.25) is 11.6 Å². The van der Waals surface area contributed by atoms with E-state index < -0.39 is 23.1 Å². The molecule has 4 nitrogen and oxygen atoms in total. The van der Waals surface area contributed by atoms with Crippen LogP contribution in [0.1, 0.15) is 82.3 Å². The number of ketones is 2. The molecular weight excluding hydrogens is 376 g/mol. The van der Waals surface area contributed by atoms with Crippen molar-refractivity contribution in [2.45, 2.75) is 77.6 Å². The van der Waals surface area contributed by atoms with Gasteiger partial charge < -0.3 is 10.2 Å². The number of benzene rings is 1. The van der Waals surface area contributed by atoms with Crippen molar-refractivity contribution in [3.63, 3.8) is 0 Å². The van der Waals surface area contributed by atoms with Crippen molar-refractivity contribution in [1.29, 1.82) is 0 Å². The first-order valence-electron chi connectivity index (χ1n) is 11.0. The minimum absolute atomic E-state index is 0.0341. The van der Waals surface area contributed by atoms with Gasteiger partial charge in [0.1, 0.15) is 0 Å². The van der Waals surface area contributed by atoms with Gasteiger partial charge in [-0.25, -0.2) is 0 Å². The summed E-state index contributed by atoms with van der Waals surface area (Å²) >= 11 is 0. The highest BCUT2D eigenvalue weighted by molar-refractivity contribution is 6.23. The van der Waals surface area contributed by atoms with Crippen LogP contribution in [0.5, 0.6) is 0 Å². The highest BCUT2D eigenvalue weighted by Crippen LogP contribution is 2.28. The summed E-state index contributed by atoms with van der Waals surface area (Å²) in [4.78, 5) is 25.1. The zero-order valence-electron chi connectivity index (χ0n) is 17.9. The fourth-order valence-corrected chi connectivity index (χ4v) is 3.71. The maximum absolute atomic E-state index is 12.6. The minimum atomic E-state index is -0.668. The third-order valence-electron chi connectivity index (χ3n) is 5.58. The molecule has 30 heavy (non-hydrogen) atoms. The van der Waals surface area contributed by atoms with Crippen LogP contribution in [0.25, 0.3) is 0 Å². The molecule has 0 amide bonds. The molecule has 0 aliphatic heterocycles. The Kier molecular flexibility index (Phi) is 9.41. The average molecular weight is 409 g/mol. The second-order valence-electron chi connectivity index (χ2n) is 7.91. The second-order valence-corrected chi connectivity index (χ2v) is 7.91. The predicted molar refractivity (Wildman–Crippen MR) is 119 cm³/mol. The number of rotatable bonds is 12. The van der Waals surface area contributed by atoms with E-state index in [1.807, 2.05) is 0 Å². The van der Waals surface area contributed by atoms with Crippen LogP contribution in [-0.4, -0.2) is 21.8 Å². The van der Waals surface area contributed by atoms with E-state index in [0.717, 1.165) is 24.8 Å². The van der Waals surface area contributed by atoms with Crippen molar-refractivity contribution in [1.82, 2.24) is 0 Å². The summed E-state index contributed by atoms with van der Waals surface area (Å²) in [6.07, 6.45) is 15.9. The number of hydrogen-bond acceptors (Lipinski definition) is 4. The monoisotopic (exact) mass is 408 g/mol. The van der Waals surface area contributed by atoms with E-state index in [1.165, 1.54) is 32.1 Å². The van der Waals surface area contributed by atoms with Crippen LogP contribution >= 0.6 is 0 Å². The number of hydrogen-bond donors (Lipinski definition) is 2. The van der Waals surface area contributed by atoms with Crippen LogP contribution in [0.15, 0.2) is 46.9 Å². The van der Waals surface area contributed by atoms with Crippen molar-refractivity contribution in [2.24, 2.45) is 0 Å². The summed E-state index contributed by atoms with van der Waals surface area (Å²) in [5.74, 6) is 0.132. The van der Waals surface area contributed by atoms with Gasteiger partial charge in [-0.1, -0.05) is 76.3 Å². The van der Waals surface area contributed by atoms with Crippen LogP contribution in [0.4, 0.5) is 0 Å². The highest BCUT2D eigenvalue weighted by Gasteiger charge is 2.34. The number of aliphatic hydroxyl groups excluding tert-OH is 2. The summed E-state index contributed by atoms with van der Waals surface area (Å²) in [6.45, 7) is 2.20. The van der Waals surface area contributed by atoms with Crippen molar-refractivity contribution < 1.29 is 19.8 Å². The molecule has 0 saturated heterocycles. The fourth-order valence-electron chi connectivity index (χ4n) is 3.71. The van der Waals surface area contributed by atoms with Crippen molar-refractivity contribution in [3.05, 3.63) is 58.1 Å². The first kappa shape index (κ1) is 23.5. The van der Waals surface area contributed by atoms with Gasteiger partial charge in [0, 0.05) is 17.6 Å².